The van der Waals surface area contributed by atoms with Crippen LogP contribution in [0.5, 0.6) is 11.5 Å². The molecule has 5 heteroatoms. The predicted molar refractivity (Wildman–Crippen MR) is 74.9 cm³/mol. The summed E-state index contributed by atoms with van der Waals surface area (Å²) >= 11 is 0. The van der Waals surface area contributed by atoms with Crippen LogP contribution < -0.4 is 14.9 Å². The molecule has 104 valence electrons. The maximum absolute atomic E-state index is 12.0. The van der Waals surface area contributed by atoms with Crippen molar-refractivity contribution in [2.75, 3.05) is 6.61 Å². The topological polar surface area (TPSA) is 59.9 Å². The van der Waals surface area contributed by atoms with Gasteiger partial charge in [0.1, 0.15) is 6.61 Å². The van der Waals surface area contributed by atoms with E-state index in [1.807, 2.05) is 24.3 Å². The Kier molecular flexibility index (Phi) is 3.41. The number of amides is 1. The molecule has 3 rings (SSSR count). The number of benzene rings is 1. The Morgan fingerprint density at radius 2 is 2.10 bits per heavy atom. The largest absolute Gasteiger partial charge is 0.485 e. The SMILES string of the molecule is CC1=C/C(=N/NC(=O)[C@H]2COc3ccccc3O2)CC1. The lowest BCUT2D eigenvalue weighted by atomic mass is 10.2. The zero-order valence-corrected chi connectivity index (χ0v) is 11.3. The Balaban J connectivity index is 1.62. The van der Waals surface area contributed by atoms with Gasteiger partial charge < -0.3 is 9.47 Å². The smallest absolute Gasteiger partial charge is 0.284 e. The molecule has 0 radical (unpaired) electrons. The van der Waals surface area contributed by atoms with E-state index in [1.54, 1.807) is 6.07 Å². The zero-order chi connectivity index (χ0) is 13.9. The minimum absolute atomic E-state index is 0.197. The highest BCUT2D eigenvalue weighted by atomic mass is 16.6. The Morgan fingerprint density at radius 3 is 2.85 bits per heavy atom. The van der Waals surface area contributed by atoms with Crippen molar-refractivity contribution in [3.05, 3.63) is 35.9 Å². The number of nitrogens with one attached hydrogen (secondary N) is 1. The molecular formula is C15H16N2O3. The molecule has 0 spiro atoms. The zero-order valence-electron chi connectivity index (χ0n) is 11.3. The fourth-order valence-electron chi connectivity index (χ4n) is 2.19. The molecule has 1 heterocycles. The second-order valence-corrected chi connectivity index (χ2v) is 4.93. The number of hydrazone groups is 1. The van der Waals surface area contributed by atoms with Gasteiger partial charge in [-0.2, -0.15) is 5.10 Å². The van der Waals surface area contributed by atoms with Crippen LogP contribution in [0.1, 0.15) is 19.8 Å². The molecule has 1 N–H and O–H groups in total. The van der Waals surface area contributed by atoms with Crippen LogP contribution in [0.25, 0.3) is 0 Å². The fraction of sp³-hybridized carbons (Fsp3) is 0.333. The number of ether oxygens (including phenoxy) is 2. The molecule has 5 nitrogen and oxygen atoms in total. The minimum atomic E-state index is -0.666. The lowest BCUT2D eigenvalue weighted by Crippen LogP contribution is -2.42. The van der Waals surface area contributed by atoms with E-state index in [4.69, 9.17) is 9.47 Å². The highest BCUT2D eigenvalue weighted by Gasteiger charge is 2.27. The third-order valence-corrected chi connectivity index (χ3v) is 3.30. The highest BCUT2D eigenvalue weighted by Crippen LogP contribution is 2.30. The lowest BCUT2D eigenvalue weighted by molar-refractivity contribution is -0.130. The molecule has 0 fully saturated rings. The summed E-state index contributed by atoms with van der Waals surface area (Å²) in [4.78, 5) is 12.0. The summed E-state index contributed by atoms with van der Waals surface area (Å²) in [6, 6.07) is 7.30. The number of carbonyl (C=O) groups excluding carboxylic acids is 1. The predicted octanol–water partition coefficient (Wildman–Crippen LogP) is 2.04. The van der Waals surface area contributed by atoms with Crippen molar-refractivity contribution in [1.29, 1.82) is 0 Å². The molecule has 20 heavy (non-hydrogen) atoms. The van der Waals surface area contributed by atoms with Crippen LogP contribution in [0.2, 0.25) is 0 Å². The number of rotatable bonds is 2. The molecule has 1 aromatic rings. The Morgan fingerprint density at radius 1 is 1.30 bits per heavy atom. The van der Waals surface area contributed by atoms with Gasteiger partial charge in [-0.3, -0.25) is 4.79 Å². The molecule has 0 saturated heterocycles. The maximum atomic E-state index is 12.0. The van der Waals surface area contributed by atoms with E-state index >= 15 is 0 Å². The van der Waals surface area contributed by atoms with Crippen molar-refractivity contribution < 1.29 is 14.3 Å². The number of nitrogens with zero attached hydrogens (tertiary/aromatic N) is 1. The third kappa shape index (κ3) is 2.66. The van der Waals surface area contributed by atoms with Crippen LogP contribution in [-0.4, -0.2) is 24.3 Å². The summed E-state index contributed by atoms with van der Waals surface area (Å²) in [5.74, 6) is 0.963. The van der Waals surface area contributed by atoms with Crippen LogP contribution in [0, 0.1) is 0 Å². The van der Waals surface area contributed by atoms with Gasteiger partial charge in [0.2, 0.25) is 6.10 Å². The van der Waals surface area contributed by atoms with E-state index in [0.717, 1.165) is 18.6 Å². The molecule has 0 saturated carbocycles. The third-order valence-electron chi connectivity index (χ3n) is 3.30. The van der Waals surface area contributed by atoms with Crippen molar-refractivity contribution in [3.63, 3.8) is 0 Å². The molecule has 0 aromatic heterocycles. The van der Waals surface area contributed by atoms with E-state index < -0.39 is 6.10 Å². The van der Waals surface area contributed by atoms with E-state index in [-0.39, 0.29) is 12.5 Å². The lowest BCUT2D eigenvalue weighted by Gasteiger charge is -2.24. The number of hydrogen-bond acceptors (Lipinski definition) is 4. The number of fused-ring (bicyclic) bond motifs is 1. The van der Waals surface area contributed by atoms with Gasteiger partial charge in [0.25, 0.3) is 5.91 Å². The first kappa shape index (κ1) is 12.7. The van der Waals surface area contributed by atoms with Gasteiger partial charge in [-0.15, -0.1) is 0 Å². The van der Waals surface area contributed by atoms with Crippen molar-refractivity contribution in [2.24, 2.45) is 5.10 Å². The van der Waals surface area contributed by atoms with Crippen molar-refractivity contribution in [2.45, 2.75) is 25.9 Å². The molecular weight excluding hydrogens is 256 g/mol. The summed E-state index contributed by atoms with van der Waals surface area (Å²) in [6.45, 7) is 2.25. The van der Waals surface area contributed by atoms with E-state index in [1.165, 1.54) is 5.57 Å². The summed E-state index contributed by atoms with van der Waals surface area (Å²) in [5, 5.41) is 4.11. The maximum Gasteiger partial charge on any atom is 0.284 e. The van der Waals surface area contributed by atoms with Gasteiger partial charge in [-0.05, 0) is 38.0 Å². The molecule has 2 aliphatic rings. The quantitative estimate of drug-likeness (QED) is 0.838. The summed E-state index contributed by atoms with van der Waals surface area (Å²) in [7, 11) is 0. The first-order chi connectivity index (χ1) is 9.72. The van der Waals surface area contributed by atoms with Gasteiger partial charge in [-0.25, -0.2) is 5.43 Å². The average Bonchev–Trinajstić information content (AvgIpc) is 2.90. The second-order valence-electron chi connectivity index (χ2n) is 4.93. The highest BCUT2D eigenvalue weighted by molar-refractivity contribution is 5.98. The van der Waals surface area contributed by atoms with Crippen LogP contribution >= 0.6 is 0 Å². The van der Waals surface area contributed by atoms with Crippen LogP contribution in [-0.2, 0) is 4.79 Å². The molecule has 0 unspecified atom stereocenters. The number of para-hydroxylation sites is 2. The fourth-order valence-corrected chi connectivity index (χ4v) is 2.19. The Bertz CT molecular complexity index is 593. The molecule has 0 bridgehead atoms. The average molecular weight is 272 g/mol. The number of carbonyl (C=O) groups is 1. The van der Waals surface area contributed by atoms with Gasteiger partial charge in [-0.1, -0.05) is 17.7 Å². The standard InChI is InChI=1S/C15H16N2O3/c1-10-6-7-11(8-10)16-17-15(18)14-9-19-12-4-2-3-5-13(12)20-14/h2-5,8,14H,6-7,9H2,1H3,(H,17,18)/b16-11+/t14-/m1/s1. The Hall–Kier alpha value is -2.30. The van der Waals surface area contributed by atoms with Gasteiger partial charge in [0.15, 0.2) is 11.5 Å². The first-order valence-electron chi connectivity index (χ1n) is 6.64. The second kappa shape index (κ2) is 5.36. The van der Waals surface area contributed by atoms with E-state index in [0.29, 0.717) is 11.5 Å². The minimum Gasteiger partial charge on any atom is -0.485 e. The van der Waals surface area contributed by atoms with Gasteiger partial charge >= 0.3 is 0 Å². The molecule has 1 amide bonds. The monoisotopic (exact) mass is 272 g/mol. The van der Waals surface area contributed by atoms with E-state index in [9.17, 15) is 4.79 Å². The molecule has 1 aliphatic carbocycles. The molecule has 1 atom stereocenters. The summed E-state index contributed by atoms with van der Waals surface area (Å²) in [5.41, 5.74) is 4.72. The van der Waals surface area contributed by atoms with Gasteiger partial charge in [0.05, 0.1) is 5.71 Å². The van der Waals surface area contributed by atoms with Crippen molar-refractivity contribution >= 4 is 11.6 Å². The number of hydrogen-bond donors (Lipinski definition) is 1. The summed E-state index contributed by atoms with van der Waals surface area (Å²) in [6.07, 6.45) is 3.20. The van der Waals surface area contributed by atoms with Crippen LogP contribution in [0.4, 0.5) is 0 Å². The normalized spacial score (nSPS) is 22.6. The van der Waals surface area contributed by atoms with Crippen LogP contribution in [0.3, 0.4) is 0 Å². The first-order valence-corrected chi connectivity index (χ1v) is 6.64. The molecule has 1 aliphatic heterocycles. The Labute approximate surface area is 117 Å². The van der Waals surface area contributed by atoms with Crippen LogP contribution in [0.15, 0.2) is 41.0 Å². The van der Waals surface area contributed by atoms with Crippen molar-refractivity contribution in [1.82, 2.24) is 5.43 Å². The van der Waals surface area contributed by atoms with E-state index in [2.05, 4.69) is 17.5 Å². The van der Waals surface area contributed by atoms with Gasteiger partial charge in [0, 0.05) is 0 Å². The summed E-state index contributed by atoms with van der Waals surface area (Å²) < 4.78 is 11.1. The molecule has 1 aromatic carbocycles. The van der Waals surface area contributed by atoms with Crippen molar-refractivity contribution in [3.8, 4) is 11.5 Å². The number of allylic oxidation sites excluding steroid dienone is 2.